The van der Waals surface area contributed by atoms with Crippen molar-refractivity contribution in [2.24, 2.45) is 0 Å². The van der Waals surface area contributed by atoms with Crippen LogP contribution in [0.3, 0.4) is 0 Å². The first kappa shape index (κ1) is 20.6. The van der Waals surface area contributed by atoms with Gasteiger partial charge in [-0.3, -0.25) is 4.79 Å². The van der Waals surface area contributed by atoms with Gasteiger partial charge in [0.05, 0.1) is 0 Å². The molecule has 0 radical (unpaired) electrons. The minimum Gasteiger partial charge on any atom is -0.481 e. The van der Waals surface area contributed by atoms with Crippen LogP contribution < -0.4 is 0 Å². The third kappa shape index (κ3) is 13.6. The summed E-state index contributed by atoms with van der Waals surface area (Å²) in [6.45, 7) is 2.15. The van der Waals surface area contributed by atoms with Crippen LogP contribution in [0.5, 0.6) is 0 Å². The van der Waals surface area contributed by atoms with Gasteiger partial charge in [-0.25, -0.2) is 0 Å². The van der Waals surface area contributed by atoms with Gasteiger partial charge < -0.3 is 15.3 Å². The van der Waals surface area contributed by atoms with Crippen molar-refractivity contribution >= 4 is 5.97 Å². The highest BCUT2D eigenvalue weighted by Gasteiger charge is 2.07. The number of aliphatic hydroxyl groups excluding tert-OH is 2. The SMILES string of the molecule is CCCCC/C=C/C(O)C(O)/C=C/C=C/CCCCC(=O)O. The molecule has 0 saturated heterocycles. The summed E-state index contributed by atoms with van der Waals surface area (Å²) in [7, 11) is 0. The first-order valence-corrected chi connectivity index (χ1v) is 8.15. The minimum atomic E-state index is -0.904. The van der Waals surface area contributed by atoms with Crippen LogP contribution in [-0.4, -0.2) is 33.5 Å². The van der Waals surface area contributed by atoms with E-state index in [1.165, 1.54) is 12.8 Å². The van der Waals surface area contributed by atoms with E-state index in [1.807, 2.05) is 18.2 Å². The van der Waals surface area contributed by atoms with Crippen molar-refractivity contribution in [1.29, 1.82) is 0 Å². The summed E-state index contributed by atoms with van der Waals surface area (Å²) in [4.78, 5) is 10.3. The molecular weight excluding hydrogens is 280 g/mol. The molecule has 0 aromatic carbocycles. The maximum absolute atomic E-state index is 10.3. The van der Waals surface area contributed by atoms with E-state index in [0.717, 1.165) is 25.7 Å². The molecule has 0 bridgehead atoms. The third-order valence-electron chi connectivity index (χ3n) is 3.22. The predicted molar refractivity (Wildman–Crippen MR) is 89.7 cm³/mol. The van der Waals surface area contributed by atoms with Crippen molar-refractivity contribution in [2.45, 2.75) is 70.5 Å². The van der Waals surface area contributed by atoms with E-state index in [1.54, 1.807) is 18.2 Å². The summed E-state index contributed by atoms with van der Waals surface area (Å²) in [5.41, 5.74) is 0. The molecule has 0 spiro atoms. The molecule has 3 N–H and O–H groups in total. The van der Waals surface area contributed by atoms with Gasteiger partial charge in [-0.15, -0.1) is 0 Å². The Bertz CT molecular complexity index is 358. The first-order chi connectivity index (χ1) is 10.6. The average molecular weight is 310 g/mol. The van der Waals surface area contributed by atoms with Crippen LogP contribution in [0.15, 0.2) is 36.5 Å². The monoisotopic (exact) mass is 310 g/mol. The van der Waals surface area contributed by atoms with Gasteiger partial charge in [-0.2, -0.15) is 0 Å². The summed E-state index contributed by atoms with van der Waals surface area (Å²) in [6.07, 6.45) is 15.7. The quantitative estimate of drug-likeness (QED) is 0.276. The minimum absolute atomic E-state index is 0.208. The number of allylic oxidation sites excluding steroid dienone is 4. The lowest BCUT2D eigenvalue weighted by Gasteiger charge is -2.09. The molecule has 126 valence electrons. The second-order valence-electron chi connectivity index (χ2n) is 5.36. The Balaban J connectivity index is 3.79. The average Bonchev–Trinajstić information content (AvgIpc) is 2.48. The fourth-order valence-corrected chi connectivity index (χ4v) is 1.87. The molecule has 4 nitrogen and oxygen atoms in total. The number of hydrogen-bond donors (Lipinski definition) is 3. The molecule has 4 heteroatoms. The van der Waals surface area contributed by atoms with Gasteiger partial charge >= 0.3 is 5.97 Å². The molecule has 0 aliphatic rings. The van der Waals surface area contributed by atoms with Crippen LogP contribution in [-0.2, 0) is 4.79 Å². The highest BCUT2D eigenvalue weighted by Crippen LogP contribution is 2.04. The van der Waals surface area contributed by atoms with Crippen molar-refractivity contribution in [1.82, 2.24) is 0 Å². The Morgan fingerprint density at radius 1 is 0.909 bits per heavy atom. The summed E-state index contributed by atoms with van der Waals surface area (Å²) in [5.74, 6) is -0.760. The zero-order valence-corrected chi connectivity index (χ0v) is 13.5. The molecule has 0 aromatic rings. The topological polar surface area (TPSA) is 77.8 Å². The Labute approximate surface area is 133 Å². The Hall–Kier alpha value is -1.39. The molecule has 0 amide bonds. The molecule has 0 fully saturated rings. The molecule has 0 aromatic heterocycles. The number of carboxylic acid groups (broad SMARTS) is 1. The number of carboxylic acids is 1. The standard InChI is InChI=1S/C18H30O4/c1-2-3-4-7-10-13-16(19)17(20)14-11-8-5-6-9-12-15-18(21)22/h5,8,10-11,13-14,16-17,19-20H,2-4,6-7,9,12,15H2,1H3,(H,21,22)/b8-5+,13-10+,14-11+. The van der Waals surface area contributed by atoms with Crippen molar-refractivity contribution in [2.75, 3.05) is 0 Å². The Morgan fingerprint density at radius 2 is 1.55 bits per heavy atom. The van der Waals surface area contributed by atoms with Gasteiger partial charge in [0.25, 0.3) is 0 Å². The van der Waals surface area contributed by atoms with Crippen molar-refractivity contribution in [3.8, 4) is 0 Å². The fraction of sp³-hybridized carbons (Fsp3) is 0.611. The lowest BCUT2D eigenvalue weighted by atomic mass is 10.1. The van der Waals surface area contributed by atoms with E-state index in [-0.39, 0.29) is 6.42 Å². The zero-order chi connectivity index (χ0) is 16.6. The molecule has 0 rings (SSSR count). The van der Waals surface area contributed by atoms with Crippen molar-refractivity contribution in [3.05, 3.63) is 36.5 Å². The Kier molecular flexibility index (Phi) is 13.6. The van der Waals surface area contributed by atoms with Crippen LogP contribution in [0.4, 0.5) is 0 Å². The van der Waals surface area contributed by atoms with Gasteiger partial charge in [0.1, 0.15) is 12.2 Å². The maximum atomic E-state index is 10.3. The van der Waals surface area contributed by atoms with Gasteiger partial charge in [-0.1, -0.05) is 56.2 Å². The number of hydrogen-bond acceptors (Lipinski definition) is 3. The van der Waals surface area contributed by atoms with Crippen molar-refractivity contribution < 1.29 is 20.1 Å². The largest absolute Gasteiger partial charge is 0.481 e. The molecule has 2 atom stereocenters. The number of aliphatic hydroxyl groups is 2. The third-order valence-corrected chi connectivity index (χ3v) is 3.22. The lowest BCUT2D eigenvalue weighted by Crippen LogP contribution is -2.20. The molecule has 0 aliphatic heterocycles. The van der Waals surface area contributed by atoms with Crippen molar-refractivity contribution in [3.63, 3.8) is 0 Å². The number of carbonyl (C=O) groups is 1. The van der Waals surface area contributed by atoms with Gasteiger partial charge in [0, 0.05) is 6.42 Å². The van der Waals surface area contributed by atoms with Crippen LogP contribution >= 0.6 is 0 Å². The molecule has 2 unspecified atom stereocenters. The number of unbranched alkanes of at least 4 members (excludes halogenated alkanes) is 5. The van der Waals surface area contributed by atoms with Crippen LogP contribution in [0.25, 0.3) is 0 Å². The van der Waals surface area contributed by atoms with Crippen LogP contribution in [0.2, 0.25) is 0 Å². The molecule has 0 aliphatic carbocycles. The van der Waals surface area contributed by atoms with E-state index in [2.05, 4.69) is 6.92 Å². The van der Waals surface area contributed by atoms with Crippen LogP contribution in [0, 0.1) is 0 Å². The second-order valence-corrected chi connectivity index (χ2v) is 5.36. The first-order valence-electron chi connectivity index (χ1n) is 8.15. The van der Waals surface area contributed by atoms with Gasteiger partial charge in [-0.05, 0) is 32.1 Å². The van der Waals surface area contributed by atoms with Gasteiger partial charge in [0.15, 0.2) is 0 Å². The highest BCUT2D eigenvalue weighted by molar-refractivity contribution is 5.66. The molecule has 0 heterocycles. The summed E-state index contributed by atoms with van der Waals surface area (Å²) in [6, 6.07) is 0. The number of aliphatic carboxylic acids is 1. The fourth-order valence-electron chi connectivity index (χ4n) is 1.87. The second kappa shape index (κ2) is 14.5. The molecular formula is C18H30O4. The van der Waals surface area contributed by atoms with E-state index < -0.39 is 18.2 Å². The van der Waals surface area contributed by atoms with E-state index in [4.69, 9.17) is 5.11 Å². The summed E-state index contributed by atoms with van der Waals surface area (Å²) < 4.78 is 0. The van der Waals surface area contributed by atoms with E-state index in [9.17, 15) is 15.0 Å². The van der Waals surface area contributed by atoms with E-state index >= 15 is 0 Å². The Morgan fingerprint density at radius 3 is 2.23 bits per heavy atom. The number of rotatable bonds is 13. The summed E-state index contributed by atoms with van der Waals surface area (Å²) >= 11 is 0. The lowest BCUT2D eigenvalue weighted by molar-refractivity contribution is -0.137. The predicted octanol–water partition coefficient (Wildman–Crippen LogP) is 3.60. The van der Waals surface area contributed by atoms with Gasteiger partial charge in [0.2, 0.25) is 0 Å². The van der Waals surface area contributed by atoms with E-state index in [0.29, 0.717) is 6.42 Å². The van der Waals surface area contributed by atoms with Crippen LogP contribution in [0.1, 0.15) is 58.3 Å². The normalized spacial score (nSPS) is 15.0. The maximum Gasteiger partial charge on any atom is 0.303 e. The smallest absolute Gasteiger partial charge is 0.303 e. The molecule has 22 heavy (non-hydrogen) atoms. The zero-order valence-electron chi connectivity index (χ0n) is 13.5. The summed E-state index contributed by atoms with van der Waals surface area (Å²) in [5, 5.41) is 28.0. The highest BCUT2D eigenvalue weighted by atomic mass is 16.4. The molecule has 0 saturated carbocycles.